The van der Waals surface area contributed by atoms with Gasteiger partial charge in [-0.05, 0) is 43.0 Å². The third-order valence-corrected chi connectivity index (χ3v) is 3.12. The van der Waals surface area contributed by atoms with Crippen molar-refractivity contribution in [3.8, 4) is 0 Å². The third-order valence-electron chi connectivity index (χ3n) is 2.91. The molecule has 2 N–H and O–H groups in total. The van der Waals surface area contributed by atoms with Crippen molar-refractivity contribution < 1.29 is 19.1 Å². The smallest absolute Gasteiger partial charge is 0.306 e. The van der Waals surface area contributed by atoms with Gasteiger partial charge in [0.2, 0.25) is 0 Å². The van der Waals surface area contributed by atoms with Gasteiger partial charge >= 0.3 is 5.97 Å². The summed E-state index contributed by atoms with van der Waals surface area (Å²) in [5, 5.41) is 11.7. The fourth-order valence-electron chi connectivity index (χ4n) is 2.03. The Morgan fingerprint density at radius 2 is 2.18 bits per heavy atom. The summed E-state index contributed by atoms with van der Waals surface area (Å²) >= 11 is 5.56. The highest BCUT2D eigenvalue weighted by molar-refractivity contribution is 6.29. The summed E-state index contributed by atoms with van der Waals surface area (Å²) in [6.07, 6.45) is 1.74. The fourth-order valence-corrected chi connectivity index (χ4v) is 2.18. The highest BCUT2D eigenvalue weighted by Crippen LogP contribution is 2.26. The summed E-state index contributed by atoms with van der Waals surface area (Å²) in [5.74, 6) is -1.37. The highest BCUT2D eigenvalue weighted by atomic mass is 35.5. The van der Waals surface area contributed by atoms with Gasteiger partial charge in [-0.15, -0.1) is 0 Å². The van der Waals surface area contributed by atoms with Gasteiger partial charge in [0.05, 0.1) is 5.92 Å². The van der Waals surface area contributed by atoms with E-state index >= 15 is 0 Å². The lowest BCUT2D eigenvalue weighted by molar-refractivity contribution is -0.141. The number of carboxylic acids is 1. The maximum Gasteiger partial charge on any atom is 0.306 e. The lowest BCUT2D eigenvalue weighted by Crippen LogP contribution is -2.33. The van der Waals surface area contributed by atoms with Crippen LogP contribution in [0.5, 0.6) is 0 Å². The first-order valence-corrected chi connectivity index (χ1v) is 5.73. The molecule has 1 saturated carbocycles. The van der Waals surface area contributed by atoms with Crippen LogP contribution in [0.1, 0.15) is 29.8 Å². The number of rotatable bonds is 3. The molecule has 0 bridgehead atoms. The summed E-state index contributed by atoms with van der Waals surface area (Å²) in [4.78, 5) is 22.4. The van der Waals surface area contributed by atoms with Gasteiger partial charge in [-0.3, -0.25) is 9.59 Å². The molecule has 0 spiro atoms. The molecule has 1 aromatic heterocycles. The van der Waals surface area contributed by atoms with Gasteiger partial charge in [-0.1, -0.05) is 0 Å². The number of nitrogens with one attached hydrogen (secondary N) is 1. The Morgan fingerprint density at radius 3 is 2.71 bits per heavy atom. The van der Waals surface area contributed by atoms with E-state index < -0.39 is 5.97 Å². The van der Waals surface area contributed by atoms with Crippen LogP contribution in [0.4, 0.5) is 0 Å². The van der Waals surface area contributed by atoms with E-state index in [-0.39, 0.29) is 28.8 Å². The standard InChI is InChI=1S/C11H12ClNO4/c12-9-4-3-8(17-9)10(14)13-7-2-1-6(5-7)11(15)16/h3-4,6-7H,1-2,5H2,(H,13,14)(H,15,16)/t6-,7+/m1/s1. The van der Waals surface area contributed by atoms with Gasteiger partial charge in [-0.2, -0.15) is 0 Å². The van der Waals surface area contributed by atoms with Gasteiger partial charge in [0.15, 0.2) is 11.0 Å². The largest absolute Gasteiger partial charge is 0.481 e. The molecule has 1 aliphatic rings. The molecule has 0 aliphatic heterocycles. The number of hydrogen-bond acceptors (Lipinski definition) is 3. The Bertz CT molecular complexity index is 442. The molecule has 2 atom stereocenters. The van der Waals surface area contributed by atoms with E-state index in [9.17, 15) is 9.59 Å². The molecule has 5 nitrogen and oxygen atoms in total. The fraction of sp³-hybridized carbons (Fsp3) is 0.455. The maximum absolute atomic E-state index is 11.7. The number of hydrogen-bond donors (Lipinski definition) is 2. The Kier molecular flexibility index (Phi) is 3.38. The van der Waals surface area contributed by atoms with Gasteiger partial charge in [0, 0.05) is 6.04 Å². The van der Waals surface area contributed by atoms with Crippen LogP contribution in [0.2, 0.25) is 5.22 Å². The molecule has 0 saturated heterocycles. The Balaban J connectivity index is 1.90. The zero-order valence-electron chi connectivity index (χ0n) is 8.98. The average molecular weight is 258 g/mol. The van der Waals surface area contributed by atoms with Gasteiger partial charge in [0.1, 0.15) is 0 Å². The van der Waals surface area contributed by atoms with Gasteiger partial charge in [0.25, 0.3) is 5.91 Å². The van der Waals surface area contributed by atoms with Crippen LogP contribution in [0.15, 0.2) is 16.5 Å². The van der Waals surface area contributed by atoms with Crippen molar-refractivity contribution in [3.63, 3.8) is 0 Å². The number of halogens is 1. The summed E-state index contributed by atoms with van der Waals surface area (Å²) in [6.45, 7) is 0. The number of amides is 1. The molecule has 1 fully saturated rings. The maximum atomic E-state index is 11.7. The number of carboxylic acid groups (broad SMARTS) is 1. The van der Waals surface area contributed by atoms with Crippen LogP contribution in [-0.4, -0.2) is 23.0 Å². The summed E-state index contributed by atoms with van der Waals surface area (Å²) < 4.78 is 4.97. The van der Waals surface area contributed by atoms with E-state index in [1.807, 2.05) is 0 Å². The van der Waals surface area contributed by atoms with E-state index in [0.717, 1.165) is 0 Å². The first-order valence-electron chi connectivity index (χ1n) is 5.35. The summed E-state index contributed by atoms with van der Waals surface area (Å²) in [6, 6.07) is 2.87. The molecule has 0 unspecified atom stereocenters. The minimum absolute atomic E-state index is 0.104. The van der Waals surface area contributed by atoms with E-state index in [1.165, 1.54) is 12.1 Å². The van der Waals surface area contributed by atoms with E-state index in [1.54, 1.807) is 0 Å². The lowest BCUT2D eigenvalue weighted by atomic mass is 10.1. The first kappa shape index (κ1) is 12.0. The van der Waals surface area contributed by atoms with Crippen LogP contribution in [-0.2, 0) is 4.79 Å². The van der Waals surface area contributed by atoms with Crippen molar-refractivity contribution in [3.05, 3.63) is 23.1 Å². The van der Waals surface area contributed by atoms with Crippen molar-refractivity contribution in [1.29, 1.82) is 0 Å². The Morgan fingerprint density at radius 1 is 1.41 bits per heavy atom. The molecule has 2 rings (SSSR count). The number of furan rings is 1. The van der Waals surface area contributed by atoms with Crippen molar-refractivity contribution in [2.24, 2.45) is 5.92 Å². The van der Waals surface area contributed by atoms with Crippen LogP contribution in [0.3, 0.4) is 0 Å². The number of carbonyl (C=O) groups excluding carboxylic acids is 1. The molecule has 1 amide bonds. The predicted molar refractivity (Wildman–Crippen MR) is 59.9 cm³/mol. The van der Waals surface area contributed by atoms with Crippen molar-refractivity contribution >= 4 is 23.5 Å². The molecule has 1 heterocycles. The molecule has 1 aliphatic carbocycles. The van der Waals surface area contributed by atoms with Crippen molar-refractivity contribution in [2.75, 3.05) is 0 Å². The van der Waals surface area contributed by atoms with Crippen LogP contribution in [0, 0.1) is 5.92 Å². The molecule has 1 aromatic rings. The highest BCUT2D eigenvalue weighted by Gasteiger charge is 2.31. The second kappa shape index (κ2) is 4.79. The lowest BCUT2D eigenvalue weighted by Gasteiger charge is -2.10. The Hall–Kier alpha value is -1.49. The zero-order chi connectivity index (χ0) is 12.4. The minimum atomic E-state index is -0.803. The molecule has 92 valence electrons. The predicted octanol–water partition coefficient (Wildman–Crippen LogP) is 1.92. The van der Waals surface area contributed by atoms with Crippen molar-refractivity contribution in [1.82, 2.24) is 5.32 Å². The Labute approximate surface area is 103 Å². The monoisotopic (exact) mass is 257 g/mol. The van der Waals surface area contributed by atoms with Crippen LogP contribution >= 0.6 is 11.6 Å². The quantitative estimate of drug-likeness (QED) is 0.867. The molecule has 0 radical (unpaired) electrons. The van der Waals surface area contributed by atoms with E-state index in [4.69, 9.17) is 21.1 Å². The zero-order valence-corrected chi connectivity index (χ0v) is 9.74. The van der Waals surface area contributed by atoms with Gasteiger partial charge in [-0.25, -0.2) is 0 Å². The molecule has 17 heavy (non-hydrogen) atoms. The van der Waals surface area contributed by atoms with Gasteiger partial charge < -0.3 is 14.8 Å². The molecular weight excluding hydrogens is 246 g/mol. The van der Waals surface area contributed by atoms with E-state index in [0.29, 0.717) is 19.3 Å². The summed E-state index contributed by atoms with van der Waals surface area (Å²) in [7, 11) is 0. The second-order valence-corrected chi connectivity index (χ2v) is 4.49. The number of aliphatic carboxylic acids is 1. The molecule has 6 heteroatoms. The third kappa shape index (κ3) is 2.79. The molecule has 0 aromatic carbocycles. The van der Waals surface area contributed by atoms with Crippen LogP contribution < -0.4 is 5.32 Å². The SMILES string of the molecule is O=C(N[C@H]1CC[C@@H](C(=O)O)C1)c1ccc(Cl)o1. The first-order chi connectivity index (χ1) is 8.06. The molecular formula is C11H12ClNO4. The van der Waals surface area contributed by atoms with Crippen LogP contribution in [0.25, 0.3) is 0 Å². The minimum Gasteiger partial charge on any atom is -0.481 e. The average Bonchev–Trinajstić information content (AvgIpc) is 2.86. The number of carbonyl (C=O) groups is 2. The van der Waals surface area contributed by atoms with Crippen molar-refractivity contribution in [2.45, 2.75) is 25.3 Å². The topological polar surface area (TPSA) is 79.5 Å². The normalized spacial score (nSPS) is 23.6. The second-order valence-electron chi connectivity index (χ2n) is 4.12. The summed E-state index contributed by atoms with van der Waals surface area (Å²) in [5.41, 5.74) is 0. The van der Waals surface area contributed by atoms with E-state index in [2.05, 4.69) is 5.32 Å².